The molecule has 0 radical (unpaired) electrons. The van der Waals surface area contributed by atoms with Gasteiger partial charge in [-0.15, -0.1) is 0 Å². The van der Waals surface area contributed by atoms with Gasteiger partial charge in [-0.1, -0.05) is 37.3 Å². The van der Waals surface area contributed by atoms with Crippen molar-refractivity contribution in [3.8, 4) is 11.4 Å². The van der Waals surface area contributed by atoms with E-state index >= 15 is 0 Å². The lowest BCUT2D eigenvalue weighted by Gasteiger charge is -2.16. The molecule has 2 amide bonds. The number of benzene rings is 3. The number of primary amides is 1. The van der Waals surface area contributed by atoms with Gasteiger partial charge in [0.15, 0.2) is 6.10 Å². The van der Waals surface area contributed by atoms with E-state index in [1.807, 2.05) is 30.3 Å². The van der Waals surface area contributed by atoms with Crippen molar-refractivity contribution in [2.75, 3.05) is 5.32 Å². The van der Waals surface area contributed by atoms with Crippen LogP contribution in [0.5, 0.6) is 0 Å². The van der Waals surface area contributed by atoms with E-state index in [1.54, 1.807) is 37.3 Å². The number of amides is 2. The maximum Gasteiger partial charge on any atom is 0.338 e. The predicted molar refractivity (Wildman–Crippen MR) is 125 cm³/mol. The van der Waals surface area contributed by atoms with Gasteiger partial charge in [0.25, 0.3) is 5.91 Å². The minimum absolute atomic E-state index is 0.293. The second-order valence-electron chi connectivity index (χ2n) is 7.42. The van der Waals surface area contributed by atoms with Crippen LogP contribution in [-0.4, -0.2) is 33.9 Å². The highest BCUT2D eigenvalue weighted by Crippen LogP contribution is 2.22. The summed E-state index contributed by atoms with van der Waals surface area (Å²) in [7, 11) is 0. The third-order valence-electron chi connectivity index (χ3n) is 5.11. The molecular weight excluding hydrogens is 420 g/mol. The van der Waals surface area contributed by atoms with Crippen molar-refractivity contribution in [3.05, 3.63) is 83.9 Å². The van der Waals surface area contributed by atoms with E-state index in [4.69, 9.17) is 10.5 Å². The first-order valence-electron chi connectivity index (χ1n) is 10.4. The van der Waals surface area contributed by atoms with E-state index in [2.05, 4.69) is 15.3 Å². The van der Waals surface area contributed by atoms with Gasteiger partial charge >= 0.3 is 5.97 Å². The first kappa shape index (κ1) is 21.8. The van der Waals surface area contributed by atoms with Gasteiger partial charge in [0.05, 0.1) is 16.6 Å². The van der Waals surface area contributed by atoms with Crippen molar-refractivity contribution in [1.29, 1.82) is 0 Å². The molecule has 0 saturated heterocycles. The quantitative estimate of drug-likeness (QED) is 0.374. The number of hydrogen-bond donors (Lipinski definition) is 3. The average molecular weight is 442 g/mol. The molecule has 0 bridgehead atoms. The monoisotopic (exact) mass is 442 g/mol. The SMILES string of the molecule is CCC(OC(=O)c1ccc2nc(-c3ccccc3)[nH]c2c1)C(=O)Nc1ccc(C(N)=O)cc1. The summed E-state index contributed by atoms with van der Waals surface area (Å²) in [6.45, 7) is 1.75. The Hall–Kier alpha value is -4.46. The molecule has 4 N–H and O–H groups in total. The van der Waals surface area contributed by atoms with Crippen LogP contribution in [0.15, 0.2) is 72.8 Å². The third-order valence-corrected chi connectivity index (χ3v) is 5.11. The van der Waals surface area contributed by atoms with Crippen LogP contribution in [0.4, 0.5) is 5.69 Å². The number of ether oxygens (including phenoxy) is 1. The molecular formula is C25H22N4O4. The van der Waals surface area contributed by atoms with E-state index < -0.39 is 23.9 Å². The lowest BCUT2D eigenvalue weighted by Crippen LogP contribution is -2.32. The van der Waals surface area contributed by atoms with Crippen LogP contribution in [0.3, 0.4) is 0 Å². The number of nitrogens with zero attached hydrogens (tertiary/aromatic N) is 1. The van der Waals surface area contributed by atoms with Crippen LogP contribution in [0.25, 0.3) is 22.4 Å². The van der Waals surface area contributed by atoms with Gasteiger partial charge in [0.1, 0.15) is 5.82 Å². The number of carbonyl (C=O) groups excluding carboxylic acids is 3. The molecule has 166 valence electrons. The number of hydrogen-bond acceptors (Lipinski definition) is 5. The Kier molecular flexibility index (Phi) is 6.17. The molecule has 4 rings (SSSR count). The number of anilines is 1. The summed E-state index contributed by atoms with van der Waals surface area (Å²) in [6.07, 6.45) is -0.688. The van der Waals surface area contributed by atoms with E-state index in [0.29, 0.717) is 34.6 Å². The van der Waals surface area contributed by atoms with Crippen LogP contribution in [0.2, 0.25) is 0 Å². The van der Waals surface area contributed by atoms with Crippen molar-refractivity contribution in [3.63, 3.8) is 0 Å². The van der Waals surface area contributed by atoms with Crippen molar-refractivity contribution in [1.82, 2.24) is 9.97 Å². The third kappa shape index (κ3) is 4.90. The summed E-state index contributed by atoms with van der Waals surface area (Å²) in [5, 5.41) is 2.68. The van der Waals surface area contributed by atoms with Crippen molar-refractivity contribution in [2.45, 2.75) is 19.4 Å². The molecule has 8 nitrogen and oxygen atoms in total. The first-order chi connectivity index (χ1) is 15.9. The Morgan fingerprint density at radius 1 is 1.00 bits per heavy atom. The number of H-pyrrole nitrogens is 1. The number of rotatable bonds is 7. The number of aromatic nitrogens is 2. The van der Waals surface area contributed by atoms with Crippen molar-refractivity contribution >= 4 is 34.5 Å². The molecule has 0 aliphatic carbocycles. The fourth-order valence-corrected chi connectivity index (χ4v) is 3.33. The molecule has 0 fully saturated rings. The van der Waals surface area contributed by atoms with Gasteiger partial charge in [-0.3, -0.25) is 9.59 Å². The fraction of sp³-hybridized carbons (Fsp3) is 0.120. The van der Waals surface area contributed by atoms with E-state index in [0.717, 1.165) is 11.1 Å². The molecule has 0 saturated carbocycles. The maximum atomic E-state index is 12.7. The summed E-state index contributed by atoms with van der Waals surface area (Å²) >= 11 is 0. The fourth-order valence-electron chi connectivity index (χ4n) is 3.33. The Labute approximate surface area is 189 Å². The first-order valence-corrected chi connectivity index (χ1v) is 10.4. The van der Waals surface area contributed by atoms with E-state index in [9.17, 15) is 14.4 Å². The highest BCUT2D eigenvalue weighted by Gasteiger charge is 2.22. The summed E-state index contributed by atoms with van der Waals surface area (Å²) in [5.74, 6) is -0.937. The Morgan fingerprint density at radius 3 is 2.36 bits per heavy atom. The number of nitrogens with one attached hydrogen (secondary N) is 2. The average Bonchev–Trinajstić information content (AvgIpc) is 3.26. The minimum atomic E-state index is -0.981. The highest BCUT2D eigenvalue weighted by molar-refractivity contribution is 5.99. The van der Waals surface area contributed by atoms with Gasteiger partial charge in [0, 0.05) is 16.8 Å². The number of esters is 1. The normalized spacial score (nSPS) is 11.7. The summed E-state index contributed by atoms with van der Waals surface area (Å²) < 4.78 is 5.46. The topological polar surface area (TPSA) is 127 Å². The molecule has 3 aromatic carbocycles. The van der Waals surface area contributed by atoms with Crippen LogP contribution in [0.1, 0.15) is 34.1 Å². The molecule has 1 unspecified atom stereocenters. The van der Waals surface area contributed by atoms with Crippen LogP contribution < -0.4 is 11.1 Å². The summed E-state index contributed by atoms with van der Waals surface area (Å²) in [4.78, 5) is 44.3. The van der Waals surface area contributed by atoms with Crippen LogP contribution >= 0.6 is 0 Å². The van der Waals surface area contributed by atoms with E-state index in [1.165, 1.54) is 12.1 Å². The summed E-state index contributed by atoms with van der Waals surface area (Å²) in [6, 6.07) is 20.8. The van der Waals surface area contributed by atoms with Crippen LogP contribution in [-0.2, 0) is 9.53 Å². The van der Waals surface area contributed by atoms with Gasteiger partial charge in [-0.25, -0.2) is 9.78 Å². The number of imidazole rings is 1. The minimum Gasteiger partial charge on any atom is -0.449 e. The Morgan fingerprint density at radius 2 is 1.70 bits per heavy atom. The van der Waals surface area contributed by atoms with Crippen molar-refractivity contribution < 1.29 is 19.1 Å². The summed E-state index contributed by atoms with van der Waals surface area (Å²) in [5.41, 5.74) is 8.67. The molecule has 8 heteroatoms. The van der Waals surface area contributed by atoms with E-state index in [-0.39, 0.29) is 0 Å². The highest BCUT2D eigenvalue weighted by atomic mass is 16.5. The number of nitrogens with two attached hydrogens (primary N) is 1. The maximum absolute atomic E-state index is 12.7. The zero-order chi connectivity index (χ0) is 23.4. The smallest absolute Gasteiger partial charge is 0.338 e. The zero-order valence-corrected chi connectivity index (χ0v) is 17.9. The molecule has 0 aliphatic heterocycles. The number of aromatic amines is 1. The standard InChI is InChI=1S/C25H22N4O4/c1-2-21(24(31)27-18-11-8-15(9-12-18)22(26)30)33-25(32)17-10-13-19-20(14-17)29-23(28-19)16-6-4-3-5-7-16/h3-14,21H,2H2,1H3,(H2,26,30)(H,27,31)(H,28,29). The molecule has 1 atom stereocenters. The molecule has 1 heterocycles. The van der Waals surface area contributed by atoms with Crippen LogP contribution in [0, 0.1) is 0 Å². The van der Waals surface area contributed by atoms with Gasteiger partial charge in [-0.05, 0) is 48.9 Å². The predicted octanol–water partition coefficient (Wildman–Crippen LogP) is 3.90. The van der Waals surface area contributed by atoms with Crippen molar-refractivity contribution in [2.24, 2.45) is 5.73 Å². The second-order valence-corrected chi connectivity index (χ2v) is 7.42. The molecule has 0 spiro atoms. The second kappa shape index (κ2) is 9.35. The zero-order valence-electron chi connectivity index (χ0n) is 17.9. The molecule has 33 heavy (non-hydrogen) atoms. The van der Waals surface area contributed by atoms with Gasteiger partial charge in [-0.2, -0.15) is 0 Å². The molecule has 1 aromatic heterocycles. The number of fused-ring (bicyclic) bond motifs is 1. The lowest BCUT2D eigenvalue weighted by molar-refractivity contribution is -0.124. The lowest BCUT2D eigenvalue weighted by atomic mass is 10.2. The van der Waals surface area contributed by atoms with Gasteiger partial charge in [0.2, 0.25) is 5.91 Å². The van der Waals surface area contributed by atoms with Gasteiger partial charge < -0.3 is 20.8 Å². The molecule has 4 aromatic rings. The Balaban J connectivity index is 1.46. The number of carbonyl (C=O) groups is 3. The molecule has 0 aliphatic rings. The Bertz CT molecular complexity index is 1310. The largest absolute Gasteiger partial charge is 0.449 e.